The molecule has 11 heavy (non-hydrogen) atoms. The van der Waals surface area contributed by atoms with Gasteiger partial charge in [-0.3, -0.25) is 4.79 Å². The number of carboxylic acids is 1. The van der Waals surface area contributed by atoms with Crippen LogP contribution in [0, 0.1) is 0 Å². The second kappa shape index (κ2) is 6.12. The van der Waals surface area contributed by atoms with Crippen LogP contribution < -0.4 is 5.32 Å². The highest BCUT2D eigenvalue weighted by Crippen LogP contribution is 1.79. The summed E-state index contributed by atoms with van der Waals surface area (Å²) in [5.74, 6) is -0.796. The van der Waals surface area contributed by atoms with Crippen molar-refractivity contribution in [1.82, 2.24) is 10.2 Å². The van der Waals surface area contributed by atoms with E-state index >= 15 is 0 Å². The smallest absolute Gasteiger partial charge is 0.317 e. The zero-order valence-corrected chi connectivity index (χ0v) is 7.13. The molecule has 4 nitrogen and oxygen atoms in total. The summed E-state index contributed by atoms with van der Waals surface area (Å²) < 4.78 is 0. The Bertz CT molecular complexity index is 115. The summed E-state index contributed by atoms with van der Waals surface area (Å²) in [7, 11) is 3.99. The van der Waals surface area contributed by atoms with E-state index in [0.29, 0.717) is 0 Å². The quantitative estimate of drug-likeness (QED) is 0.520. The third kappa shape index (κ3) is 9.39. The Morgan fingerprint density at radius 2 is 2.18 bits per heavy atom. The molecule has 0 amide bonds. The third-order valence-electron chi connectivity index (χ3n) is 1.24. The average Bonchev–Trinajstić information content (AvgIpc) is 1.85. The summed E-state index contributed by atoms with van der Waals surface area (Å²) in [6, 6.07) is 0. The molecule has 0 aromatic carbocycles. The molecule has 0 saturated carbocycles. The predicted octanol–water partition coefficient (Wildman–Crippen LogP) is -0.388. The first-order chi connectivity index (χ1) is 5.13. The molecule has 0 aromatic rings. The fraction of sp³-hybridized carbons (Fsp3) is 0.857. The molecular formula is C7H16N2O2. The van der Waals surface area contributed by atoms with Crippen molar-refractivity contribution >= 4 is 5.97 Å². The number of aliphatic carboxylic acids is 1. The van der Waals surface area contributed by atoms with Crippen LogP contribution in [0.5, 0.6) is 0 Å². The van der Waals surface area contributed by atoms with Crippen LogP contribution >= 0.6 is 0 Å². The van der Waals surface area contributed by atoms with Gasteiger partial charge in [-0.15, -0.1) is 0 Å². The molecule has 0 radical (unpaired) electrons. The normalized spacial score (nSPS) is 10.5. The zero-order valence-electron chi connectivity index (χ0n) is 7.13. The van der Waals surface area contributed by atoms with Gasteiger partial charge in [0, 0.05) is 0 Å². The summed E-state index contributed by atoms with van der Waals surface area (Å²) in [6.45, 7) is 1.82. The van der Waals surface area contributed by atoms with Gasteiger partial charge in [0.25, 0.3) is 0 Å². The largest absolute Gasteiger partial charge is 0.480 e. The standard InChI is InChI=1S/C7H16N2O2/c1-9(2)5-3-4-8-6-7(10)11/h8H,3-6H2,1-2H3,(H,10,11). The monoisotopic (exact) mass is 160 g/mol. The molecule has 0 fully saturated rings. The van der Waals surface area contributed by atoms with Crippen LogP contribution in [0.25, 0.3) is 0 Å². The van der Waals surface area contributed by atoms with Gasteiger partial charge in [-0.05, 0) is 33.6 Å². The third-order valence-corrected chi connectivity index (χ3v) is 1.24. The molecule has 0 unspecified atom stereocenters. The highest BCUT2D eigenvalue weighted by atomic mass is 16.4. The Balaban J connectivity index is 2.97. The highest BCUT2D eigenvalue weighted by Gasteiger charge is 1.94. The number of nitrogens with one attached hydrogen (secondary N) is 1. The molecule has 0 aromatic heterocycles. The molecule has 66 valence electrons. The maximum absolute atomic E-state index is 10.0. The molecule has 0 aliphatic rings. The van der Waals surface area contributed by atoms with Crippen LogP contribution in [0.3, 0.4) is 0 Å². The lowest BCUT2D eigenvalue weighted by Crippen LogP contribution is -2.26. The Kier molecular flexibility index (Phi) is 5.78. The summed E-state index contributed by atoms with van der Waals surface area (Å²) in [6.07, 6.45) is 0.986. The molecule has 0 spiro atoms. The van der Waals surface area contributed by atoms with E-state index < -0.39 is 5.97 Å². The Hall–Kier alpha value is -0.610. The van der Waals surface area contributed by atoms with Crippen molar-refractivity contribution in [2.45, 2.75) is 6.42 Å². The molecule has 2 N–H and O–H groups in total. The van der Waals surface area contributed by atoms with Crippen molar-refractivity contribution in [2.24, 2.45) is 0 Å². The average molecular weight is 160 g/mol. The maximum atomic E-state index is 10.0. The van der Waals surface area contributed by atoms with Gasteiger partial charge in [-0.25, -0.2) is 0 Å². The Morgan fingerprint density at radius 3 is 2.64 bits per heavy atom. The van der Waals surface area contributed by atoms with Crippen LogP contribution in [0.15, 0.2) is 0 Å². The summed E-state index contributed by atoms with van der Waals surface area (Å²) in [5.41, 5.74) is 0. The fourth-order valence-corrected chi connectivity index (χ4v) is 0.716. The van der Waals surface area contributed by atoms with E-state index in [4.69, 9.17) is 5.11 Å². The first-order valence-corrected chi connectivity index (χ1v) is 3.70. The summed E-state index contributed by atoms with van der Waals surface area (Å²) >= 11 is 0. The van der Waals surface area contributed by atoms with Crippen LogP contribution in [0.2, 0.25) is 0 Å². The minimum Gasteiger partial charge on any atom is -0.480 e. The van der Waals surface area contributed by atoms with Crippen LogP contribution in [-0.2, 0) is 4.79 Å². The predicted molar refractivity (Wildman–Crippen MR) is 43.7 cm³/mol. The van der Waals surface area contributed by atoms with Crippen molar-refractivity contribution in [3.05, 3.63) is 0 Å². The second-order valence-corrected chi connectivity index (χ2v) is 2.73. The number of carboxylic acid groups (broad SMARTS) is 1. The van der Waals surface area contributed by atoms with Gasteiger partial charge < -0.3 is 15.3 Å². The Labute approximate surface area is 67.2 Å². The molecule has 0 aliphatic heterocycles. The lowest BCUT2D eigenvalue weighted by atomic mass is 10.4. The first-order valence-electron chi connectivity index (χ1n) is 3.70. The molecule has 0 rings (SSSR count). The van der Waals surface area contributed by atoms with Gasteiger partial charge >= 0.3 is 5.97 Å². The molecule has 0 saturated heterocycles. The number of carbonyl (C=O) groups is 1. The fourth-order valence-electron chi connectivity index (χ4n) is 0.716. The maximum Gasteiger partial charge on any atom is 0.317 e. The van der Waals surface area contributed by atoms with Crippen LogP contribution in [0.4, 0.5) is 0 Å². The number of nitrogens with zero attached hydrogens (tertiary/aromatic N) is 1. The van der Waals surface area contributed by atoms with Gasteiger partial charge in [-0.1, -0.05) is 0 Å². The van der Waals surface area contributed by atoms with Gasteiger partial charge in [-0.2, -0.15) is 0 Å². The van der Waals surface area contributed by atoms with Crippen molar-refractivity contribution in [1.29, 1.82) is 0 Å². The SMILES string of the molecule is CN(C)CCCNCC(=O)O. The van der Waals surface area contributed by atoms with Crippen LogP contribution in [-0.4, -0.2) is 49.7 Å². The number of hydrogen-bond donors (Lipinski definition) is 2. The van der Waals surface area contributed by atoms with E-state index in [1.165, 1.54) is 0 Å². The van der Waals surface area contributed by atoms with Crippen LogP contribution in [0.1, 0.15) is 6.42 Å². The van der Waals surface area contributed by atoms with E-state index in [9.17, 15) is 4.79 Å². The van der Waals surface area contributed by atoms with E-state index in [1.54, 1.807) is 0 Å². The van der Waals surface area contributed by atoms with Crippen molar-refractivity contribution < 1.29 is 9.90 Å². The number of hydrogen-bond acceptors (Lipinski definition) is 3. The van der Waals surface area contributed by atoms with Crippen molar-refractivity contribution in [3.63, 3.8) is 0 Å². The van der Waals surface area contributed by atoms with Gasteiger partial charge in [0.15, 0.2) is 0 Å². The Morgan fingerprint density at radius 1 is 1.55 bits per heavy atom. The van der Waals surface area contributed by atoms with Crippen molar-refractivity contribution in [3.8, 4) is 0 Å². The molecule has 0 heterocycles. The molecule has 0 bridgehead atoms. The zero-order chi connectivity index (χ0) is 8.69. The molecule has 0 atom stereocenters. The van der Waals surface area contributed by atoms with Gasteiger partial charge in [0.2, 0.25) is 0 Å². The summed E-state index contributed by atoms with van der Waals surface area (Å²) in [4.78, 5) is 12.1. The van der Waals surface area contributed by atoms with Gasteiger partial charge in [0.05, 0.1) is 6.54 Å². The first kappa shape index (κ1) is 10.4. The van der Waals surface area contributed by atoms with E-state index in [1.807, 2.05) is 14.1 Å². The number of rotatable bonds is 6. The minimum absolute atomic E-state index is 0.0629. The van der Waals surface area contributed by atoms with E-state index in [2.05, 4.69) is 10.2 Å². The minimum atomic E-state index is -0.796. The molecule has 0 aliphatic carbocycles. The lowest BCUT2D eigenvalue weighted by Gasteiger charge is -2.08. The molecular weight excluding hydrogens is 144 g/mol. The molecule has 4 heteroatoms. The summed E-state index contributed by atoms with van der Waals surface area (Å²) in [5, 5.41) is 11.1. The lowest BCUT2D eigenvalue weighted by molar-refractivity contribution is -0.135. The second-order valence-electron chi connectivity index (χ2n) is 2.73. The van der Waals surface area contributed by atoms with Crippen molar-refractivity contribution in [2.75, 3.05) is 33.7 Å². The van der Waals surface area contributed by atoms with E-state index in [0.717, 1.165) is 19.5 Å². The van der Waals surface area contributed by atoms with Gasteiger partial charge in [0.1, 0.15) is 0 Å². The topological polar surface area (TPSA) is 52.6 Å². The van der Waals surface area contributed by atoms with E-state index in [-0.39, 0.29) is 6.54 Å². The highest BCUT2D eigenvalue weighted by molar-refractivity contribution is 5.68.